The lowest BCUT2D eigenvalue weighted by Gasteiger charge is -2.10. The summed E-state index contributed by atoms with van der Waals surface area (Å²) in [6.07, 6.45) is 0.436. The van der Waals surface area contributed by atoms with Crippen LogP contribution in [-0.4, -0.2) is 12.9 Å². The number of methoxy groups -OCH3 is 1. The summed E-state index contributed by atoms with van der Waals surface area (Å²) in [5.74, 6) is 1.98. The van der Waals surface area contributed by atoms with E-state index >= 15 is 0 Å². The Morgan fingerprint density at radius 1 is 1.05 bits per heavy atom. The molecule has 0 spiro atoms. The molecule has 0 atom stereocenters. The molecule has 3 heteroatoms. The summed E-state index contributed by atoms with van der Waals surface area (Å²) < 4.78 is 10.9. The van der Waals surface area contributed by atoms with Gasteiger partial charge < -0.3 is 9.47 Å². The number of hydrogen-bond donors (Lipinski definition) is 0. The van der Waals surface area contributed by atoms with E-state index in [0.29, 0.717) is 23.5 Å². The average Bonchev–Trinajstić information content (AvgIpc) is 2.47. The van der Waals surface area contributed by atoms with Crippen LogP contribution in [0.2, 0.25) is 0 Å². The van der Waals surface area contributed by atoms with E-state index in [4.69, 9.17) is 9.47 Å². The lowest BCUT2D eigenvalue weighted by Crippen LogP contribution is -2.01. The molecule has 0 N–H and O–H groups in total. The van der Waals surface area contributed by atoms with Gasteiger partial charge in [0.05, 0.1) is 12.7 Å². The molecule has 0 bridgehead atoms. The Balaban J connectivity index is 2.30. The van der Waals surface area contributed by atoms with Crippen molar-refractivity contribution in [3.8, 4) is 17.2 Å². The molecule has 0 unspecified atom stereocenters. The highest BCUT2D eigenvalue weighted by molar-refractivity contribution is 5.98. The van der Waals surface area contributed by atoms with Crippen LogP contribution in [-0.2, 0) is 0 Å². The second kappa shape index (κ2) is 6.05. The van der Waals surface area contributed by atoms with Crippen molar-refractivity contribution >= 4 is 5.78 Å². The van der Waals surface area contributed by atoms with Crippen molar-refractivity contribution in [2.24, 2.45) is 0 Å². The van der Waals surface area contributed by atoms with Crippen LogP contribution in [0.1, 0.15) is 23.7 Å². The topological polar surface area (TPSA) is 35.5 Å². The third-order valence-electron chi connectivity index (χ3n) is 2.77. The van der Waals surface area contributed by atoms with Gasteiger partial charge in [0.15, 0.2) is 5.78 Å². The molecule has 19 heavy (non-hydrogen) atoms. The molecule has 0 amide bonds. The molecule has 2 rings (SSSR count). The smallest absolute Gasteiger partial charge is 0.166 e. The fourth-order valence-electron chi connectivity index (χ4n) is 1.78. The zero-order chi connectivity index (χ0) is 13.7. The molecule has 0 aliphatic heterocycles. The minimum Gasteiger partial charge on any atom is -0.496 e. The highest BCUT2D eigenvalue weighted by atomic mass is 16.5. The van der Waals surface area contributed by atoms with Crippen LogP contribution in [0.5, 0.6) is 17.2 Å². The van der Waals surface area contributed by atoms with Crippen LogP contribution in [0, 0.1) is 0 Å². The third kappa shape index (κ3) is 3.13. The standard InChI is InChI=1S/C16H16O3/c1-3-15(17)14-11-13(9-10-16(14)18-2)19-12-7-5-4-6-8-12/h4-11H,3H2,1-2H3. The number of ether oxygens (including phenoxy) is 2. The van der Waals surface area contributed by atoms with Gasteiger partial charge in [-0.2, -0.15) is 0 Å². The number of Topliss-reactive ketones (excluding diaryl/α,β-unsaturated/α-hetero) is 1. The monoisotopic (exact) mass is 256 g/mol. The van der Waals surface area contributed by atoms with Gasteiger partial charge in [0.1, 0.15) is 17.2 Å². The largest absolute Gasteiger partial charge is 0.496 e. The molecule has 0 saturated carbocycles. The highest BCUT2D eigenvalue weighted by Crippen LogP contribution is 2.28. The van der Waals surface area contributed by atoms with Gasteiger partial charge in [-0.15, -0.1) is 0 Å². The highest BCUT2D eigenvalue weighted by Gasteiger charge is 2.12. The van der Waals surface area contributed by atoms with Crippen molar-refractivity contribution in [1.82, 2.24) is 0 Å². The van der Waals surface area contributed by atoms with Gasteiger partial charge in [0.2, 0.25) is 0 Å². The summed E-state index contributed by atoms with van der Waals surface area (Å²) in [5, 5.41) is 0. The van der Waals surface area contributed by atoms with E-state index in [-0.39, 0.29) is 5.78 Å². The molecule has 0 heterocycles. The predicted molar refractivity (Wildman–Crippen MR) is 74.1 cm³/mol. The SMILES string of the molecule is CCC(=O)c1cc(Oc2ccccc2)ccc1OC. The molecular formula is C16H16O3. The molecule has 0 aliphatic rings. The zero-order valence-electron chi connectivity index (χ0n) is 11.1. The molecule has 0 aliphatic carbocycles. The fraction of sp³-hybridized carbons (Fsp3) is 0.188. The van der Waals surface area contributed by atoms with Gasteiger partial charge in [0, 0.05) is 6.42 Å². The molecule has 0 fully saturated rings. The van der Waals surface area contributed by atoms with Crippen molar-refractivity contribution < 1.29 is 14.3 Å². The minimum atomic E-state index is 0.0374. The van der Waals surface area contributed by atoms with Crippen LogP contribution < -0.4 is 9.47 Å². The zero-order valence-corrected chi connectivity index (χ0v) is 11.1. The van der Waals surface area contributed by atoms with E-state index in [0.717, 1.165) is 5.75 Å². The van der Waals surface area contributed by atoms with Crippen molar-refractivity contribution in [1.29, 1.82) is 0 Å². The second-order valence-corrected chi connectivity index (χ2v) is 4.05. The van der Waals surface area contributed by atoms with Crippen molar-refractivity contribution in [2.45, 2.75) is 13.3 Å². The number of ketones is 1. The number of benzene rings is 2. The molecule has 0 saturated heterocycles. The number of carbonyl (C=O) groups excluding carboxylic acids is 1. The van der Waals surface area contributed by atoms with Crippen molar-refractivity contribution in [3.05, 3.63) is 54.1 Å². The van der Waals surface area contributed by atoms with E-state index in [9.17, 15) is 4.79 Å². The normalized spacial score (nSPS) is 10.0. The quantitative estimate of drug-likeness (QED) is 0.756. The molecule has 3 nitrogen and oxygen atoms in total. The summed E-state index contributed by atoms with van der Waals surface area (Å²) >= 11 is 0. The minimum absolute atomic E-state index is 0.0374. The van der Waals surface area contributed by atoms with Crippen molar-refractivity contribution in [3.63, 3.8) is 0 Å². The van der Waals surface area contributed by atoms with Gasteiger partial charge in [-0.25, -0.2) is 0 Å². The van der Waals surface area contributed by atoms with Gasteiger partial charge in [-0.1, -0.05) is 25.1 Å². The van der Waals surface area contributed by atoms with Crippen molar-refractivity contribution in [2.75, 3.05) is 7.11 Å². The summed E-state index contributed by atoms with van der Waals surface area (Å²) in [7, 11) is 1.56. The molecule has 98 valence electrons. The predicted octanol–water partition coefficient (Wildman–Crippen LogP) is 4.08. The third-order valence-corrected chi connectivity index (χ3v) is 2.77. The van der Waals surface area contributed by atoms with Crippen LogP contribution in [0.15, 0.2) is 48.5 Å². The van der Waals surface area contributed by atoms with Crippen LogP contribution in [0.4, 0.5) is 0 Å². The summed E-state index contributed by atoms with van der Waals surface area (Å²) in [6.45, 7) is 1.83. The van der Waals surface area contributed by atoms with E-state index < -0.39 is 0 Å². The number of rotatable bonds is 5. The van der Waals surface area contributed by atoms with E-state index in [1.807, 2.05) is 37.3 Å². The molecular weight excluding hydrogens is 240 g/mol. The lowest BCUT2D eigenvalue weighted by molar-refractivity contribution is 0.0985. The van der Waals surface area contributed by atoms with Gasteiger partial charge in [0.25, 0.3) is 0 Å². The van der Waals surface area contributed by atoms with Crippen LogP contribution in [0.3, 0.4) is 0 Å². The summed E-state index contributed by atoms with van der Waals surface area (Å²) in [6, 6.07) is 14.7. The van der Waals surface area contributed by atoms with Gasteiger partial charge in [-0.05, 0) is 30.3 Å². The van der Waals surface area contributed by atoms with E-state index in [1.165, 1.54) is 0 Å². The Labute approximate surface area is 112 Å². The molecule has 2 aromatic carbocycles. The van der Waals surface area contributed by atoms with Crippen LogP contribution in [0.25, 0.3) is 0 Å². The Morgan fingerprint density at radius 3 is 2.42 bits per heavy atom. The summed E-state index contributed by atoms with van der Waals surface area (Å²) in [4.78, 5) is 11.9. The molecule has 0 radical (unpaired) electrons. The van der Waals surface area contributed by atoms with E-state index in [1.54, 1.807) is 25.3 Å². The molecule has 2 aromatic rings. The first kappa shape index (κ1) is 13.1. The lowest BCUT2D eigenvalue weighted by atomic mass is 10.1. The number of para-hydroxylation sites is 1. The molecule has 0 aromatic heterocycles. The summed E-state index contributed by atoms with van der Waals surface area (Å²) in [5.41, 5.74) is 0.554. The van der Waals surface area contributed by atoms with Gasteiger partial charge in [-0.3, -0.25) is 4.79 Å². The fourth-order valence-corrected chi connectivity index (χ4v) is 1.78. The van der Waals surface area contributed by atoms with Gasteiger partial charge >= 0.3 is 0 Å². The maximum Gasteiger partial charge on any atom is 0.166 e. The first-order valence-electron chi connectivity index (χ1n) is 6.18. The number of hydrogen-bond acceptors (Lipinski definition) is 3. The average molecular weight is 256 g/mol. The first-order valence-corrected chi connectivity index (χ1v) is 6.18. The Kier molecular flexibility index (Phi) is 4.18. The maximum absolute atomic E-state index is 11.9. The Morgan fingerprint density at radius 2 is 1.79 bits per heavy atom. The van der Waals surface area contributed by atoms with E-state index in [2.05, 4.69) is 0 Å². The first-order chi connectivity index (χ1) is 9.24. The maximum atomic E-state index is 11.9. The van der Waals surface area contributed by atoms with Crippen LogP contribution >= 0.6 is 0 Å². The Bertz CT molecular complexity index is 561. The Hall–Kier alpha value is -2.29. The number of carbonyl (C=O) groups is 1. The second-order valence-electron chi connectivity index (χ2n) is 4.05.